The van der Waals surface area contributed by atoms with Crippen LogP contribution in [0.25, 0.3) is 0 Å². The predicted molar refractivity (Wildman–Crippen MR) is 96.0 cm³/mol. The predicted octanol–water partition coefficient (Wildman–Crippen LogP) is 1.86. The smallest absolute Gasteiger partial charge is 0.251 e. The molecule has 0 aliphatic carbocycles. The number of fused-ring (bicyclic) bond motifs is 1. The molecular formula is C18H20N2O5S. The molecule has 1 aliphatic rings. The summed E-state index contributed by atoms with van der Waals surface area (Å²) < 4.78 is 38.8. The first-order valence-electron chi connectivity index (χ1n) is 8.15. The van der Waals surface area contributed by atoms with Crippen LogP contribution in [0, 0.1) is 0 Å². The summed E-state index contributed by atoms with van der Waals surface area (Å²) in [4.78, 5) is 11.6. The summed E-state index contributed by atoms with van der Waals surface area (Å²) in [6.07, 6.45) is 0. The van der Waals surface area contributed by atoms with Crippen molar-refractivity contribution in [1.29, 1.82) is 0 Å². The first-order chi connectivity index (χ1) is 12.4. The van der Waals surface area contributed by atoms with Crippen molar-refractivity contribution in [1.82, 2.24) is 10.0 Å². The number of ether oxygens (including phenoxy) is 2. The molecule has 0 fully saturated rings. The van der Waals surface area contributed by atoms with Gasteiger partial charge < -0.3 is 14.8 Å². The Labute approximate surface area is 152 Å². The third-order valence-corrected chi connectivity index (χ3v) is 5.61. The molecule has 2 aromatic carbocycles. The molecular weight excluding hydrogens is 356 g/mol. The Morgan fingerprint density at radius 1 is 1.04 bits per heavy atom. The molecule has 3 rings (SSSR count). The third kappa shape index (κ3) is 3.81. The van der Waals surface area contributed by atoms with Gasteiger partial charge in [-0.15, -0.1) is 0 Å². The summed E-state index contributed by atoms with van der Waals surface area (Å²) in [6, 6.07) is 10.6. The van der Waals surface area contributed by atoms with Crippen molar-refractivity contribution in [3.63, 3.8) is 0 Å². The Kier molecular flexibility index (Phi) is 5.15. The number of hydrogen-bond donors (Lipinski definition) is 2. The molecule has 1 amide bonds. The maximum Gasteiger partial charge on any atom is 0.251 e. The number of nitrogens with one attached hydrogen (secondary N) is 2. The highest BCUT2D eigenvalue weighted by atomic mass is 32.2. The van der Waals surface area contributed by atoms with Gasteiger partial charge in [-0.25, -0.2) is 13.1 Å². The Morgan fingerprint density at radius 2 is 1.69 bits per heavy atom. The fourth-order valence-electron chi connectivity index (χ4n) is 2.63. The van der Waals surface area contributed by atoms with Crippen LogP contribution in [-0.4, -0.2) is 34.6 Å². The Morgan fingerprint density at radius 3 is 2.35 bits per heavy atom. The molecule has 8 heteroatoms. The summed E-state index contributed by atoms with van der Waals surface area (Å²) in [6.45, 7) is 2.72. The van der Waals surface area contributed by atoms with Gasteiger partial charge in [0.15, 0.2) is 11.5 Å². The molecule has 1 atom stereocenters. The van der Waals surface area contributed by atoms with Crippen molar-refractivity contribution in [2.24, 2.45) is 0 Å². The lowest BCUT2D eigenvalue weighted by Gasteiger charge is -2.21. The average Bonchev–Trinajstić information content (AvgIpc) is 2.66. The van der Waals surface area contributed by atoms with Crippen LogP contribution < -0.4 is 19.5 Å². The lowest BCUT2D eigenvalue weighted by molar-refractivity contribution is 0.0963. The van der Waals surface area contributed by atoms with Crippen LogP contribution >= 0.6 is 0 Å². The topological polar surface area (TPSA) is 93.7 Å². The minimum atomic E-state index is -3.73. The van der Waals surface area contributed by atoms with Gasteiger partial charge >= 0.3 is 0 Å². The number of carbonyl (C=O) groups is 1. The monoisotopic (exact) mass is 376 g/mol. The van der Waals surface area contributed by atoms with Gasteiger partial charge in [-0.1, -0.05) is 6.07 Å². The normalized spacial score (nSPS) is 14.5. The Balaban J connectivity index is 1.77. The van der Waals surface area contributed by atoms with Crippen LogP contribution in [0.4, 0.5) is 0 Å². The SMILES string of the molecule is CNC(=O)c1ccc(S(=O)(=O)N[C@@H](C)c2ccc3c(c2)OCCO3)cc1. The standard InChI is InChI=1S/C18H20N2O5S/c1-12(14-5-8-16-17(11-14)25-10-9-24-16)20-26(22,23)15-6-3-13(4-7-15)18(21)19-2/h3-8,11-12,20H,9-10H2,1-2H3,(H,19,21)/t12-/m0/s1. The van der Waals surface area contributed by atoms with Gasteiger partial charge in [0.2, 0.25) is 10.0 Å². The largest absolute Gasteiger partial charge is 0.486 e. The highest BCUT2D eigenvalue weighted by Gasteiger charge is 2.21. The lowest BCUT2D eigenvalue weighted by atomic mass is 10.1. The molecule has 0 saturated heterocycles. The third-order valence-electron chi connectivity index (χ3n) is 4.05. The van der Waals surface area contributed by atoms with E-state index >= 15 is 0 Å². The van der Waals surface area contributed by atoms with E-state index in [9.17, 15) is 13.2 Å². The molecule has 1 aliphatic heterocycles. The second-order valence-electron chi connectivity index (χ2n) is 5.85. The number of sulfonamides is 1. The zero-order valence-corrected chi connectivity index (χ0v) is 15.3. The number of amides is 1. The molecule has 0 spiro atoms. The van der Waals surface area contributed by atoms with Gasteiger partial charge in [0, 0.05) is 18.7 Å². The van der Waals surface area contributed by atoms with Crippen molar-refractivity contribution >= 4 is 15.9 Å². The summed E-state index contributed by atoms with van der Waals surface area (Å²) >= 11 is 0. The van der Waals surface area contributed by atoms with Crippen molar-refractivity contribution in [2.75, 3.05) is 20.3 Å². The van der Waals surface area contributed by atoms with E-state index in [1.165, 1.54) is 31.3 Å². The maximum absolute atomic E-state index is 12.6. The highest BCUT2D eigenvalue weighted by molar-refractivity contribution is 7.89. The maximum atomic E-state index is 12.6. The fraction of sp³-hybridized carbons (Fsp3) is 0.278. The van der Waals surface area contributed by atoms with Crippen LogP contribution in [0.3, 0.4) is 0 Å². The van der Waals surface area contributed by atoms with Crippen molar-refractivity contribution < 1.29 is 22.7 Å². The van der Waals surface area contributed by atoms with E-state index in [-0.39, 0.29) is 10.8 Å². The first kappa shape index (κ1) is 18.2. The van der Waals surface area contributed by atoms with Gasteiger partial charge in [0.25, 0.3) is 5.91 Å². The minimum absolute atomic E-state index is 0.0922. The lowest BCUT2D eigenvalue weighted by Crippen LogP contribution is -2.27. The van der Waals surface area contributed by atoms with Crippen LogP contribution in [0.1, 0.15) is 28.9 Å². The van der Waals surface area contributed by atoms with Crippen molar-refractivity contribution in [2.45, 2.75) is 17.9 Å². The number of carbonyl (C=O) groups excluding carboxylic acids is 1. The van der Waals surface area contributed by atoms with Gasteiger partial charge in [-0.05, 0) is 48.9 Å². The minimum Gasteiger partial charge on any atom is -0.486 e. The second-order valence-corrected chi connectivity index (χ2v) is 7.56. The molecule has 138 valence electrons. The van der Waals surface area contributed by atoms with Gasteiger partial charge in [0.05, 0.1) is 4.90 Å². The molecule has 0 saturated carbocycles. The fourth-order valence-corrected chi connectivity index (χ4v) is 3.86. The van der Waals surface area contributed by atoms with Gasteiger partial charge in [-0.2, -0.15) is 0 Å². The summed E-state index contributed by atoms with van der Waals surface area (Å²) in [5.41, 5.74) is 1.16. The van der Waals surface area contributed by atoms with Crippen LogP contribution in [0.2, 0.25) is 0 Å². The summed E-state index contributed by atoms with van der Waals surface area (Å²) in [7, 11) is -2.21. The highest BCUT2D eigenvalue weighted by Crippen LogP contribution is 2.32. The van der Waals surface area contributed by atoms with E-state index in [2.05, 4.69) is 10.0 Å². The summed E-state index contributed by atoms with van der Waals surface area (Å²) in [5, 5.41) is 2.49. The van der Waals surface area contributed by atoms with Crippen molar-refractivity contribution in [3.05, 3.63) is 53.6 Å². The van der Waals surface area contributed by atoms with Crippen LogP contribution in [0.15, 0.2) is 47.4 Å². The zero-order chi connectivity index (χ0) is 18.7. The molecule has 7 nitrogen and oxygen atoms in total. The van der Waals surface area contributed by atoms with Crippen LogP contribution in [-0.2, 0) is 10.0 Å². The van der Waals surface area contributed by atoms with E-state index < -0.39 is 16.1 Å². The molecule has 0 aromatic heterocycles. The zero-order valence-electron chi connectivity index (χ0n) is 14.5. The molecule has 2 aromatic rings. The molecule has 26 heavy (non-hydrogen) atoms. The van der Waals surface area contributed by atoms with Gasteiger partial charge in [0.1, 0.15) is 13.2 Å². The number of benzene rings is 2. The number of hydrogen-bond acceptors (Lipinski definition) is 5. The average molecular weight is 376 g/mol. The van der Waals surface area contributed by atoms with E-state index in [0.29, 0.717) is 30.3 Å². The Bertz CT molecular complexity index is 910. The van der Waals surface area contributed by atoms with Crippen molar-refractivity contribution in [3.8, 4) is 11.5 Å². The first-order valence-corrected chi connectivity index (χ1v) is 9.63. The van der Waals surface area contributed by atoms with Gasteiger partial charge in [-0.3, -0.25) is 4.79 Å². The molecule has 0 radical (unpaired) electrons. The molecule has 0 unspecified atom stereocenters. The molecule has 0 bridgehead atoms. The van der Waals surface area contributed by atoms with E-state index in [4.69, 9.17) is 9.47 Å². The quantitative estimate of drug-likeness (QED) is 0.831. The molecule has 2 N–H and O–H groups in total. The van der Waals surface area contributed by atoms with E-state index in [1.807, 2.05) is 0 Å². The Hall–Kier alpha value is -2.58. The number of rotatable bonds is 5. The summed E-state index contributed by atoms with van der Waals surface area (Å²) in [5.74, 6) is 0.987. The van der Waals surface area contributed by atoms with Crippen LogP contribution in [0.5, 0.6) is 11.5 Å². The van der Waals surface area contributed by atoms with E-state index in [0.717, 1.165) is 5.56 Å². The second kappa shape index (κ2) is 7.35. The van der Waals surface area contributed by atoms with E-state index in [1.54, 1.807) is 25.1 Å². The molecule has 1 heterocycles.